The SMILES string of the molecule is CC1(Nc2nc(Cl)nc3nc[nH]c23)CCCC1. The molecule has 2 aromatic rings. The topological polar surface area (TPSA) is 66.5 Å². The van der Waals surface area contributed by atoms with E-state index in [9.17, 15) is 0 Å². The van der Waals surface area contributed by atoms with Crippen molar-refractivity contribution in [1.29, 1.82) is 0 Å². The van der Waals surface area contributed by atoms with E-state index < -0.39 is 0 Å². The minimum atomic E-state index is 0.107. The Hall–Kier alpha value is -1.36. The van der Waals surface area contributed by atoms with Crippen molar-refractivity contribution in [1.82, 2.24) is 19.9 Å². The van der Waals surface area contributed by atoms with Crippen molar-refractivity contribution in [3.8, 4) is 0 Å². The van der Waals surface area contributed by atoms with Crippen molar-refractivity contribution in [3.63, 3.8) is 0 Å². The third-order valence-corrected chi connectivity index (χ3v) is 3.55. The second kappa shape index (κ2) is 3.84. The Morgan fingerprint density at radius 1 is 1.35 bits per heavy atom. The Bertz CT molecular complexity index is 544. The van der Waals surface area contributed by atoms with Gasteiger partial charge in [0.1, 0.15) is 5.52 Å². The highest BCUT2D eigenvalue weighted by atomic mass is 35.5. The van der Waals surface area contributed by atoms with Crippen LogP contribution in [-0.4, -0.2) is 25.5 Å². The Morgan fingerprint density at radius 3 is 2.88 bits per heavy atom. The second-order valence-electron chi connectivity index (χ2n) is 4.84. The molecule has 0 unspecified atom stereocenters. The summed E-state index contributed by atoms with van der Waals surface area (Å²) in [4.78, 5) is 15.5. The number of hydrogen-bond acceptors (Lipinski definition) is 4. The van der Waals surface area contributed by atoms with Crippen LogP contribution in [0.4, 0.5) is 5.82 Å². The first-order chi connectivity index (χ1) is 8.16. The van der Waals surface area contributed by atoms with Crippen LogP contribution in [0, 0.1) is 0 Å². The first-order valence-electron chi connectivity index (χ1n) is 5.81. The van der Waals surface area contributed by atoms with Crippen LogP contribution in [0.1, 0.15) is 32.6 Å². The number of fused-ring (bicyclic) bond motifs is 1. The van der Waals surface area contributed by atoms with Gasteiger partial charge in [-0.05, 0) is 31.4 Å². The molecule has 0 aliphatic heterocycles. The van der Waals surface area contributed by atoms with Crippen molar-refractivity contribution in [2.45, 2.75) is 38.1 Å². The molecule has 3 rings (SSSR count). The highest BCUT2D eigenvalue weighted by Gasteiger charge is 2.29. The third kappa shape index (κ3) is 1.95. The number of H-pyrrole nitrogens is 1. The van der Waals surface area contributed by atoms with Gasteiger partial charge in [0, 0.05) is 5.54 Å². The van der Waals surface area contributed by atoms with Gasteiger partial charge in [0.05, 0.1) is 6.33 Å². The molecule has 1 fully saturated rings. The van der Waals surface area contributed by atoms with Gasteiger partial charge in [0.25, 0.3) is 0 Å². The zero-order valence-corrected chi connectivity index (χ0v) is 10.4. The lowest BCUT2D eigenvalue weighted by atomic mass is 10.0. The van der Waals surface area contributed by atoms with Crippen LogP contribution in [0.5, 0.6) is 0 Å². The lowest BCUT2D eigenvalue weighted by Crippen LogP contribution is -2.31. The molecule has 0 aromatic carbocycles. The summed E-state index contributed by atoms with van der Waals surface area (Å²) in [6.07, 6.45) is 6.44. The van der Waals surface area contributed by atoms with Gasteiger partial charge in [-0.15, -0.1) is 0 Å². The Balaban J connectivity index is 2.01. The number of nitrogens with one attached hydrogen (secondary N) is 2. The number of aromatic nitrogens is 4. The van der Waals surface area contributed by atoms with E-state index in [4.69, 9.17) is 11.6 Å². The molecule has 2 heterocycles. The van der Waals surface area contributed by atoms with E-state index in [0.717, 1.165) is 24.2 Å². The molecule has 17 heavy (non-hydrogen) atoms. The van der Waals surface area contributed by atoms with Crippen LogP contribution in [0.2, 0.25) is 5.28 Å². The molecule has 5 nitrogen and oxygen atoms in total. The molecule has 0 atom stereocenters. The smallest absolute Gasteiger partial charge is 0.226 e. The molecular formula is C11H14ClN5. The van der Waals surface area contributed by atoms with E-state index in [1.165, 1.54) is 12.8 Å². The number of hydrogen-bond donors (Lipinski definition) is 2. The summed E-state index contributed by atoms with van der Waals surface area (Å²) >= 11 is 5.90. The number of rotatable bonds is 2. The zero-order chi connectivity index (χ0) is 11.9. The molecule has 1 saturated carbocycles. The molecule has 0 spiro atoms. The molecule has 0 bridgehead atoms. The standard InChI is InChI=1S/C11H14ClN5/c1-11(4-2-3-5-11)17-9-7-8(14-6-13-7)15-10(12)16-9/h6H,2-5H2,1H3,(H2,13,14,15,16,17). The van der Waals surface area contributed by atoms with Gasteiger partial charge >= 0.3 is 0 Å². The van der Waals surface area contributed by atoms with Crippen molar-refractivity contribution < 1.29 is 0 Å². The van der Waals surface area contributed by atoms with Crippen LogP contribution < -0.4 is 5.32 Å². The molecule has 2 aromatic heterocycles. The Morgan fingerprint density at radius 2 is 2.12 bits per heavy atom. The molecule has 90 valence electrons. The minimum absolute atomic E-state index is 0.107. The first kappa shape index (κ1) is 10.8. The van der Waals surface area contributed by atoms with Crippen molar-refractivity contribution in [2.24, 2.45) is 0 Å². The largest absolute Gasteiger partial charge is 0.363 e. The Kier molecular flexibility index (Phi) is 2.43. The van der Waals surface area contributed by atoms with Gasteiger partial charge < -0.3 is 10.3 Å². The van der Waals surface area contributed by atoms with Gasteiger partial charge in [0.2, 0.25) is 5.28 Å². The molecule has 0 radical (unpaired) electrons. The van der Waals surface area contributed by atoms with Gasteiger partial charge in [-0.25, -0.2) is 4.98 Å². The first-order valence-corrected chi connectivity index (χ1v) is 6.19. The van der Waals surface area contributed by atoms with Crippen molar-refractivity contribution >= 4 is 28.6 Å². The van der Waals surface area contributed by atoms with Crippen LogP contribution in [0.25, 0.3) is 11.2 Å². The van der Waals surface area contributed by atoms with Gasteiger partial charge in [-0.3, -0.25) is 0 Å². The van der Waals surface area contributed by atoms with Crippen LogP contribution in [-0.2, 0) is 0 Å². The quantitative estimate of drug-likeness (QED) is 0.806. The molecule has 2 N–H and O–H groups in total. The van der Waals surface area contributed by atoms with Gasteiger partial charge in [-0.2, -0.15) is 9.97 Å². The number of anilines is 1. The summed E-state index contributed by atoms with van der Waals surface area (Å²) < 4.78 is 0. The number of halogens is 1. The Labute approximate surface area is 104 Å². The van der Waals surface area contributed by atoms with Crippen LogP contribution in [0.15, 0.2) is 6.33 Å². The highest BCUT2D eigenvalue weighted by Crippen LogP contribution is 2.33. The van der Waals surface area contributed by atoms with Crippen molar-refractivity contribution in [3.05, 3.63) is 11.6 Å². The van der Waals surface area contributed by atoms with E-state index in [1.807, 2.05) is 0 Å². The summed E-state index contributed by atoms with van der Waals surface area (Å²) in [5.74, 6) is 0.752. The summed E-state index contributed by atoms with van der Waals surface area (Å²) in [5.41, 5.74) is 1.53. The maximum atomic E-state index is 5.90. The van der Waals surface area contributed by atoms with E-state index >= 15 is 0 Å². The zero-order valence-electron chi connectivity index (χ0n) is 9.63. The van der Waals surface area contributed by atoms with Gasteiger partial charge in [-0.1, -0.05) is 12.8 Å². The number of imidazole rings is 1. The summed E-state index contributed by atoms with van der Waals surface area (Å²) in [6, 6.07) is 0. The summed E-state index contributed by atoms with van der Waals surface area (Å²) in [5, 5.41) is 3.71. The average molecular weight is 252 g/mol. The monoisotopic (exact) mass is 251 g/mol. The summed E-state index contributed by atoms with van der Waals surface area (Å²) in [7, 11) is 0. The number of aromatic amines is 1. The lowest BCUT2D eigenvalue weighted by molar-refractivity contribution is 0.531. The predicted molar refractivity (Wildman–Crippen MR) is 67.2 cm³/mol. The molecule has 1 aliphatic carbocycles. The molecule has 1 aliphatic rings. The molecule has 6 heteroatoms. The van der Waals surface area contributed by atoms with Crippen molar-refractivity contribution in [2.75, 3.05) is 5.32 Å². The van der Waals surface area contributed by atoms with Crippen LogP contribution >= 0.6 is 11.6 Å². The number of nitrogens with zero attached hydrogens (tertiary/aromatic N) is 3. The van der Waals surface area contributed by atoms with E-state index in [-0.39, 0.29) is 10.8 Å². The van der Waals surface area contributed by atoms with E-state index in [0.29, 0.717) is 5.65 Å². The molecule has 0 amide bonds. The second-order valence-corrected chi connectivity index (χ2v) is 5.17. The minimum Gasteiger partial charge on any atom is -0.363 e. The molecule has 0 saturated heterocycles. The maximum absolute atomic E-state index is 5.90. The van der Waals surface area contributed by atoms with Crippen LogP contribution in [0.3, 0.4) is 0 Å². The lowest BCUT2D eigenvalue weighted by Gasteiger charge is -2.26. The van der Waals surface area contributed by atoms with E-state index in [1.54, 1.807) is 6.33 Å². The predicted octanol–water partition coefficient (Wildman–Crippen LogP) is 2.75. The highest BCUT2D eigenvalue weighted by molar-refractivity contribution is 6.28. The fourth-order valence-electron chi connectivity index (χ4n) is 2.46. The van der Waals surface area contributed by atoms with Gasteiger partial charge in [0.15, 0.2) is 11.5 Å². The third-order valence-electron chi connectivity index (χ3n) is 3.39. The summed E-state index contributed by atoms with van der Waals surface area (Å²) in [6.45, 7) is 2.22. The fraction of sp³-hybridized carbons (Fsp3) is 0.545. The maximum Gasteiger partial charge on any atom is 0.226 e. The average Bonchev–Trinajstić information content (AvgIpc) is 2.86. The normalized spacial score (nSPS) is 18.7. The fourth-order valence-corrected chi connectivity index (χ4v) is 2.63. The van der Waals surface area contributed by atoms with E-state index in [2.05, 4.69) is 32.2 Å². The molecular weight excluding hydrogens is 238 g/mol.